The third-order valence-corrected chi connectivity index (χ3v) is 9.64. The minimum absolute atomic E-state index is 0.183. The van der Waals surface area contributed by atoms with Gasteiger partial charge in [-0.05, 0) is 68.4 Å². The number of benzene rings is 2. The summed E-state index contributed by atoms with van der Waals surface area (Å²) in [6, 6.07) is 10.4. The highest BCUT2D eigenvalue weighted by atomic mass is 32.2. The Balaban J connectivity index is 1.97. The Labute approximate surface area is 213 Å². The van der Waals surface area contributed by atoms with E-state index >= 15 is 0 Å². The Bertz CT molecular complexity index is 1260. The van der Waals surface area contributed by atoms with E-state index in [0.29, 0.717) is 30.3 Å². The summed E-state index contributed by atoms with van der Waals surface area (Å²) in [7, 11) is -3.58. The fourth-order valence-electron chi connectivity index (χ4n) is 4.03. The monoisotopic (exact) mass is 516 g/mol. The zero-order valence-electron chi connectivity index (χ0n) is 21.5. The standard InChI is InChI=1S/C26H36N4O3S2/c1-7-28(8-2)17-18-30(26-27-24-20(6)19(5)11-16-23(24)34-26)25(31)21-12-14-22(15-13-21)35(32,33)29(9-3)10-4/h11-16H,7-10,17-18H2,1-6H3. The van der Waals surface area contributed by atoms with Crippen molar-refractivity contribution in [3.8, 4) is 0 Å². The Morgan fingerprint density at radius 2 is 1.51 bits per heavy atom. The number of aryl methyl sites for hydroxylation is 2. The van der Waals surface area contributed by atoms with Crippen LogP contribution in [0.25, 0.3) is 10.2 Å². The summed E-state index contributed by atoms with van der Waals surface area (Å²) in [6.07, 6.45) is 0. The van der Waals surface area contributed by atoms with E-state index < -0.39 is 10.0 Å². The lowest BCUT2D eigenvalue weighted by atomic mass is 10.1. The first-order valence-electron chi connectivity index (χ1n) is 12.2. The van der Waals surface area contributed by atoms with Crippen LogP contribution in [0.1, 0.15) is 49.2 Å². The van der Waals surface area contributed by atoms with Gasteiger partial charge in [-0.2, -0.15) is 4.31 Å². The number of hydrogen-bond donors (Lipinski definition) is 0. The summed E-state index contributed by atoms with van der Waals surface area (Å²) < 4.78 is 28.2. The number of anilines is 1. The highest BCUT2D eigenvalue weighted by Gasteiger charge is 2.25. The van der Waals surface area contributed by atoms with Crippen molar-refractivity contribution in [1.82, 2.24) is 14.2 Å². The van der Waals surface area contributed by atoms with E-state index in [4.69, 9.17) is 4.98 Å². The molecule has 1 heterocycles. The van der Waals surface area contributed by atoms with Crippen molar-refractivity contribution in [2.24, 2.45) is 0 Å². The van der Waals surface area contributed by atoms with Crippen LogP contribution in [0.3, 0.4) is 0 Å². The number of hydrogen-bond acceptors (Lipinski definition) is 6. The van der Waals surface area contributed by atoms with Gasteiger partial charge in [-0.3, -0.25) is 9.69 Å². The highest BCUT2D eigenvalue weighted by molar-refractivity contribution is 7.89. The lowest BCUT2D eigenvalue weighted by Crippen LogP contribution is -2.39. The molecule has 0 atom stereocenters. The molecule has 0 N–H and O–H groups in total. The molecule has 0 saturated carbocycles. The second kappa shape index (κ2) is 11.6. The van der Waals surface area contributed by atoms with Gasteiger partial charge in [0.05, 0.1) is 15.1 Å². The molecule has 1 amide bonds. The Kier molecular flexibility index (Phi) is 9.04. The zero-order valence-corrected chi connectivity index (χ0v) is 23.2. The van der Waals surface area contributed by atoms with Crippen molar-refractivity contribution < 1.29 is 13.2 Å². The first-order chi connectivity index (χ1) is 16.7. The van der Waals surface area contributed by atoms with Gasteiger partial charge in [-0.25, -0.2) is 13.4 Å². The van der Waals surface area contributed by atoms with E-state index in [1.165, 1.54) is 33.3 Å². The predicted molar refractivity (Wildman–Crippen MR) is 145 cm³/mol. The molecule has 0 spiro atoms. The molecule has 1 aromatic heterocycles. The Morgan fingerprint density at radius 1 is 0.886 bits per heavy atom. The number of aromatic nitrogens is 1. The number of carbonyl (C=O) groups excluding carboxylic acids is 1. The normalized spacial score (nSPS) is 12.1. The average molecular weight is 517 g/mol. The fourth-order valence-corrected chi connectivity index (χ4v) is 6.54. The SMILES string of the molecule is CCN(CC)CCN(C(=O)c1ccc(S(=O)(=O)N(CC)CC)cc1)c1nc2c(C)c(C)ccc2s1. The molecule has 9 heteroatoms. The molecule has 0 fully saturated rings. The van der Waals surface area contributed by atoms with Crippen LogP contribution >= 0.6 is 11.3 Å². The molecule has 0 aliphatic carbocycles. The molecule has 0 saturated heterocycles. The molecule has 0 bridgehead atoms. The lowest BCUT2D eigenvalue weighted by Gasteiger charge is -2.25. The van der Waals surface area contributed by atoms with Gasteiger partial charge in [0, 0.05) is 31.7 Å². The van der Waals surface area contributed by atoms with E-state index in [-0.39, 0.29) is 10.8 Å². The summed E-state index contributed by atoms with van der Waals surface area (Å²) in [5, 5.41) is 0.658. The summed E-state index contributed by atoms with van der Waals surface area (Å²) in [4.78, 5) is 22.7. The van der Waals surface area contributed by atoms with Crippen LogP contribution in [-0.2, 0) is 10.0 Å². The van der Waals surface area contributed by atoms with Crippen molar-refractivity contribution in [1.29, 1.82) is 0 Å². The summed E-state index contributed by atoms with van der Waals surface area (Å²) in [6.45, 7) is 15.8. The lowest BCUT2D eigenvalue weighted by molar-refractivity contribution is 0.0983. The minimum atomic E-state index is -3.58. The van der Waals surface area contributed by atoms with Crippen LogP contribution in [0, 0.1) is 13.8 Å². The number of thiazole rings is 1. The van der Waals surface area contributed by atoms with Gasteiger partial charge in [0.25, 0.3) is 5.91 Å². The van der Waals surface area contributed by atoms with E-state index in [1.807, 2.05) is 13.8 Å². The van der Waals surface area contributed by atoms with Crippen LogP contribution in [0.4, 0.5) is 5.13 Å². The summed E-state index contributed by atoms with van der Waals surface area (Å²) in [5.74, 6) is -0.183. The number of fused-ring (bicyclic) bond motifs is 1. The van der Waals surface area contributed by atoms with Gasteiger partial charge < -0.3 is 4.90 Å². The van der Waals surface area contributed by atoms with Crippen LogP contribution in [0.5, 0.6) is 0 Å². The van der Waals surface area contributed by atoms with Crippen LogP contribution in [-0.4, -0.2) is 67.8 Å². The van der Waals surface area contributed by atoms with Crippen molar-refractivity contribution in [3.05, 3.63) is 53.1 Å². The zero-order chi connectivity index (χ0) is 25.8. The molecule has 190 valence electrons. The number of sulfonamides is 1. The Hall–Kier alpha value is -2.33. The predicted octanol–water partition coefficient (Wildman–Crippen LogP) is 4.93. The molecular weight excluding hydrogens is 480 g/mol. The summed E-state index contributed by atoms with van der Waals surface area (Å²) >= 11 is 1.51. The number of rotatable bonds is 11. The topological polar surface area (TPSA) is 73.8 Å². The molecule has 0 unspecified atom stereocenters. The second-order valence-electron chi connectivity index (χ2n) is 8.45. The van der Waals surface area contributed by atoms with Gasteiger partial charge in [0.15, 0.2) is 5.13 Å². The third-order valence-electron chi connectivity index (χ3n) is 6.53. The number of likely N-dealkylation sites (N-methyl/N-ethyl adjacent to an activating group) is 1. The van der Waals surface area contributed by atoms with Crippen molar-refractivity contribution in [2.75, 3.05) is 44.2 Å². The van der Waals surface area contributed by atoms with E-state index in [2.05, 4.69) is 44.7 Å². The molecule has 3 aromatic rings. The maximum Gasteiger partial charge on any atom is 0.260 e. The average Bonchev–Trinajstić information content (AvgIpc) is 3.29. The smallest absolute Gasteiger partial charge is 0.260 e. The molecule has 3 rings (SSSR count). The third kappa shape index (κ3) is 5.74. The van der Waals surface area contributed by atoms with Gasteiger partial charge >= 0.3 is 0 Å². The van der Waals surface area contributed by atoms with Gasteiger partial charge in [0.1, 0.15) is 0 Å². The van der Waals surface area contributed by atoms with Gasteiger partial charge in [0.2, 0.25) is 10.0 Å². The summed E-state index contributed by atoms with van der Waals surface area (Å²) in [5.41, 5.74) is 3.65. The second-order valence-corrected chi connectivity index (χ2v) is 11.4. The number of amides is 1. The molecule has 7 nitrogen and oxygen atoms in total. The molecule has 0 aliphatic rings. The largest absolute Gasteiger partial charge is 0.302 e. The van der Waals surface area contributed by atoms with Crippen LogP contribution in [0.2, 0.25) is 0 Å². The van der Waals surface area contributed by atoms with Crippen molar-refractivity contribution in [2.45, 2.75) is 46.4 Å². The molecule has 0 aliphatic heterocycles. The Morgan fingerprint density at radius 3 is 2.09 bits per heavy atom. The molecular formula is C26H36N4O3S2. The van der Waals surface area contributed by atoms with Crippen LogP contribution < -0.4 is 4.90 Å². The van der Waals surface area contributed by atoms with Crippen LogP contribution in [0.15, 0.2) is 41.3 Å². The number of carbonyl (C=O) groups is 1. The maximum atomic E-state index is 13.7. The highest BCUT2D eigenvalue weighted by Crippen LogP contribution is 2.32. The van der Waals surface area contributed by atoms with Crippen molar-refractivity contribution >= 4 is 42.6 Å². The molecule has 0 radical (unpaired) electrons. The van der Waals surface area contributed by atoms with E-state index in [9.17, 15) is 13.2 Å². The van der Waals surface area contributed by atoms with Gasteiger partial charge in [-0.15, -0.1) is 0 Å². The first-order valence-corrected chi connectivity index (χ1v) is 14.4. The van der Waals surface area contributed by atoms with E-state index in [0.717, 1.165) is 35.4 Å². The quantitative estimate of drug-likeness (QED) is 0.361. The molecule has 2 aromatic carbocycles. The molecule has 35 heavy (non-hydrogen) atoms. The minimum Gasteiger partial charge on any atom is -0.302 e. The maximum absolute atomic E-state index is 13.7. The first kappa shape index (κ1) is 27.3. The van der Waals surface area contributed by atoms with Gasteiger partial charge in [-0.1, -0.05) is 45.1 Å². The van der Waals surface area contributed by atoms with Crippen molar-refractivity contribution in [3.63, 3.8) is 0 Å². The fraction of sp³-hybridized carbons (Fsp3) is 0.462. The number of nitrogens with zero attached hydrogens (tertiary/aromatic N) is 4. The van der Waals surface area contributed by atoms with E-state index in [1.54, 1.807) is 17.0 Å².